The molecule has 0 unspecified atom stereocenters. The van der Waals surface area contributed by atoms with Crippen molar-refractivity contribution in [1.82, 2.24) is 4.98 Å². The number of hydrogen-bond acceptors (Lipinski definition) is 1. The minimum absolute atomic E-state index is 0.141. The van der Waals surface area contributed by atoms with Crippen LogP contribution in [-0.4, -0.2) is 4.98 Å². The van der Waals surface area contributed by atoms with Crippen LogP contribution >= 0.6 is 0 Å². The summed E-state index contributed by atoms with van der Waals surface area (Å²) in [6.45, 7) is 0. The van der Waals surface area contributed by atoms with Gasteiger partial charge < -0.3 is 0 Å². The van der Waals surface area contributed by atoms with Crippen molar-refractivity contribution in [3.05, 3.63) is 42.2 Å². The maximum absolute atomic E-state index is 12.5. The molecule has 0 amide bonds. The van der Waals surface area contributed by atoms with Gasteiger partial charge in [-0.05, 0) is 17.5 Å². The number of pyridine rings is 1. The van der Waals surface area contributed by atoms with Crippen LogP contribution < -0.4 is 0 Å². The highest BCUT2D eigenvalue weighted by Gasteiger charge is 2.32. The van der Waals surface area contributed by atoms with Gasteiger partial charge in [0.2, 0.25) is 0 Å². The summed E-state index contributed by atoms with van der Waals surface area (Å²) in [5.41, 5.74) is -0.636. The third-order valence-corrected chi connectivity index (χ3v) is 1.99. The maximum atomic E-state index is 12.5. The second kappa shape index (κ2) is 2.97. The molecule has 1 nitrogen and oxygen atoms in total. The number of rotatable bonds is 0. The Morgan fingerprint density at radius 3 is 2.57 bits per heavy atom. The standard InChI is InChI=1S/C10H6F3N/c11-10(12,13)9-3-1-2-7-4-5-14-6-8(7)9/h1-6H. The Morgan fingerprint density at radius 1 is 1.07 bits per heavy atom. The average molecular weight is 197 g/mol. The maximum Gasteiger partial charge on any atom is 0.417 e. The molecule has 0 saturated heterocycles. The van der Waals surface area contributed by atoms with Gasteiger partial charge in [0.05, 0.1) is 5.56 Å². The first-order valence-electron chi connectivity index (χ1n) is 3.99. The first-order chi connectivity index (χ1) is 6.59. The smallest absolute Gasteiger partial charge is 0.264 e. The van der Waals surface area contributed by atoms with Crippen LogP contribution in [-0.2, 0) is 6.18 Å². The number of alkyl halides is 3. The number of nitrogens with zero attached hydrogens (tertiary/aromatic N) is 1. The summed E-state index contributed by atoms with van der Waals surface area (Å²) in [7, 11) is 0. The van der Waals surface area contributed by atoms with Gasteiger partial charge in [-0.3, -0.25) is 4.98 Å². The third kappa shape index (κ3) is 1.43. The van der Waals surface area contributed by atoms with E-state index in [9.17, 15) is 13.2 Å². The van der Waals surface area contributed by atoms with Crippen molar-refractivity contribution >= 4 is 10.8 Å². The summed E-state index contributed by atoms with van der Waals surface area (Å²) < 4.78 is 37.5. The molecule has 0 N–H and O–H groups in total. The number of fused-ring (bicyclic) bond motifs is 1. The van der Waals surface area contributed by atoms with Crippen molar-refractivity contribution in [3.63, 3.8) is 0 Å². The van der Waals surface area contributed by atoms with Gasteiger partial charge in [-0.25, -0.2) is 0 Å². The molecule has 14 heavy (non-hydrogen) atoms. The predicted octanol–water partition coefficient (Wildman–Crippen LogP) is 3.25. The fourth-order valence-electron chi connectivity index (χ4n) is 1.36. The molecule has 0 aliphatic carbocycles. The molecular formula is C10H6F3N. The topological polar surface area (TPSA) is 12.9 Å². The molecule has 0 aliphatic heterocycles. The number of hydrogen-bond donors (Lipinski definition) is 0. The SMILES string of the molecule is FC(F)(F)c1cccc2ccncc12. The Morgan fingerprint density at radius 2 is 1.86 bits per heavy atom. The first-order valence-corrected chi connectivity index (χ1v) is 3.99. The second-order valence-corrected chi connectivity index (χ2v) is 2.90. The predicted molar refractivity (Wildman–Crippen MR) is 46.7 cm³/mol. The Kier molecular flexibility index (Phi) is 1.91. The summed E-state index contributed by atoms with van der Waals surface area (Å²) in [5, 5.41) is 0.692. The van der Waals surface area contributed by atoms with Gasteiger partial charge in [0, 0.05) is 17.8 Å². The molecule has 72 valence electrons. The fourth-order valence-corrected chi connectivity index (χ4v) is 1.36. The van der Waals surface area contributed by atoms with Crippen molar-refractivity contribution in [2.45, 2.75) is 6.18 Å². The van der Waals surface area contributed by atoms with Crippen molar-refractivity contribution in [2.24, 2.45) is 0 Å². The summed E-state index contributed by atoms with van der Waals surface area (Å²) in [4.78, 5) is 3.69. The van der Waals surface area contributed by atoms with Crippen LogP contribution in [0.25, 0.3) is 10.8 Å². The molecule has 0 atom stereocenters. The zero-order valence-corrected chi connectivity index (χ0v) is 7.05. The highest BCUT2D eigenvalue weighted by molar-refractivity contribution is 5.85. The van der Waals surface area contributed by atoms with Crippen molar-refractivity contribution in [2.75, 3.05) is 0 Å². The van der Waals surface area contributed by atoms with Gasteiger partial charge in [0.25, 0.3) is 0 Å². The van der Waals surface area contributed by atoms with Crippen LogP contribution in [0.5, 0.6) is 0 Å². The summed E-state index contributed by atoms with van der Waals surface area (Å²) >= 11 is 0. The van der Waals surface area contributed by atoms with E-state index in [2.05, 4.69) is 4.98 Å². The molecule has 1 heterocycles. The van der Waals surface area contributed by atoms with E-state index in [-0.39, 0.29) is 5.39 Å². The van der Waals surface area contributed by atoms with Gasteiger partial charge in [0.15, 0.2) is 0 Å². The third-order valence-electron chi connectivity index (χ3n) is 1.99. The first kappa shape index (κ1) is 8.99. The van der Waals surface area contributed by atoms with Crippen LogP contribution in [0, 0.1) is 0 Å². The average Bonchev–Trinajstić information content (AvgIpc) is 2.15. The van der Waals surface area contributed by atoms with Crippen LogP contribution in [0.15, 0.2) is 36.7 Å². The van der Waals surface area contributed by atoms with E-state index in [0.29, 0.717) is 5.39 Å². The van der Waals surface area contributed by atoms with Gasteiger partial charge in [0.1, 0.15) is 0 Å². The van der Waals surface area contributed by atoms with E-state index in [1.54, 1.807) is 12.1 Å². The molecule has 0 fully saturated rings. The molecule has 0 aliphatic rings. The lowest BCUT2D eigenvalue weighted by Gasteiger charge is -2.09. The minimum atomic E-state index is -4.32. The van der Waals surface area contributed by atoms with E-state index in [4.69, 9.17) is 0 Å². The highest BCUT2D eigenvalue weighted by Crippen LogP contribution is 2.33. The molecule has 0 saturated carbocycles. The molecule has 1 aromatic heterocycles. The summed E-state index contributed by atoms with van der Waals surface area (Å²) in [6, 6.07) is 5.64. The van der Waals surface area contributed by atoms with Crippen molar-refractivity contribution in [3.8, 4) is 0 Å². The van der Waals surface area contributed by atoms with Crippen LogP contribution in [0.3, 0.4) is 0 Å². The van der Waals surface area contributed by atoms with E-state index in [0.717, 1.165) is 6.07 Å². The summed E-state index contributed by atoms with van der Waals surface area (Å²) in [5.74, 6) is 0. The monoisotopic (exact) mass is 197 g/mol. The summed E-state index contributed by atoms with van der Waals surface area (Å²) in [6.07, 6.45) is -1.61. The van der Waals surface area contributed by atoms with Crippen molar-refractivity contribution in [1.29, 1.82) is 0 Å². The zero-order valence-electron chi connectivity index (χ0n) is 7.05. The van der Waals surface area contributed by atoms with Crippen LogP contribution in [0.2, 0.25) is 0 Å². The normalized spacial score (nSPS) is 11.9. The lowest BCUT2D eigenvalue weighted by molar-refractivity contribution is -0.136. The lowest BCUT2D eigenvalue weighted by Crippen LogP contribution is -2.05. The van der Waals surface area contributed by atoms with Gasteiger partial charge in [-0.15, -0.1) is 0 Å². The Labute approximate surface area is 78.2 Å². The number of aromatic nitrogens is 1. The van der Waals surface area contributed by atoms with Crippen LogP contribution in [0.1, 0.15) is 5.56 Å². The quantitative estimate of drug-likeness (QED) is 0.631. The zero-order chi connectivity index (χ0) is 10.2. The highest BCUT2D eigenvalue weighted by atomic mass is 19.4. The Balaban J connectivity index is 2.78. The largest absolute Gasteiger partial charge is 0.417 e. The molecule has 0 bridgehead atoms. The Bertz CT molecular complexity index is 457. The number of halogens is 3. The molecule has 1 aromatic carbocycles. The van der Waals surface area contributed by atoms with Crippen LogP contribution in [0.4, 0.5) is 13.2 Å². The minimum Gasteiger partial charge on any atom is -0.264 e. The van der Waals surface area contributed by atoms with E-state index >= 15 is 0 Å². The fraction of sp³-hybridized carbons (Fsp3) is 0.100. The molecule has 0 spiro atoms. The van der Waals surface area contributed by atoms with E-state index in [1.807, 2.05) is 0 Å². The molecule has 2 aromatic rings. The lowest BCUT2D eigenvalue weighted by atomic mass is 10.1. The molecule has 2 rings (SSSR count). The molecular weight excluding hydrogens is 191 g/mol. The molecule has 4 heteroatoms. The van der Waals surface area contributed by atoms with Gasteiger partial charge >= 0.3 is 6.18 Å². The Hall–Kier alpha value is -1.58. The van der Waals surface area contributed by atoms with Gasteiger partial charge in [-0.1, -0.05) is 12.1 Å². The van der Waals surface area contributed by atoms with E-state index < -0.39 is 11.7 Å². The second-order valence-electron chi connectivity index (χ2n) is 2.90. The van der Waals surface area contributed by atoms with E-state index in [1.165, 1.54) is 18.5 Å². The van der Waals surface area contributed by atoms with Crippen molar-refractivity contribution < 1.29 is 13.2 Å². The number of benzene rings is 1. The van der Waals surface area contributed by atoms with Gasteiger partial charge in [-0.2, -0.15) is 13.2 Å². The molecule has 0 radical (unpaired) electrons.